The first-order chi connectivity index (χ1) is 22.1. The second kappa shape index (κ2) is 12.1. The number of aldehydes is 1. The summed E-state index contributed by atoms with van der Waals surface area (Å²) in [4.78, 5) is 30.9. The van der Waals surface area contributed by atoms with Gasteiger partial charge < -0.3 is 28.8 Å². The first-order valence-electron chi connectivity index (χ1n) is 16.1. The van der Waals surface area contributed by atoms with Crippen molar-refractivity contribution in [2.45, 2.75) is 50.2 Å². The van der Waals surface area contributed by atoms with Crippen LogP contribution in [0, 0.1) is 11.8 Å². The number of aromatic nitrogens is 3. The topological polar surface area (TPSA) is 83.8 Å². The highest BCUT2D eigenvalue weighted by molar-refractivity contribution is 6.11. The van der Waals surface area contributed by atoms with Gasteiger partial charge in [0.15, 0.2) is 0 Å². The number of likely N-dealkylation sites (tertiary alicyclic amines) is 1. The number of aryl methyl sites for hydroxylation is 1. The monoisotopic (exact) mass is 636 g/mol. The van der Waals surface area contributed by atoms with Crippen LogP contribution in [0.4, 0.5) is 24.5 Å². The lowest BCUT2D eigenvalue weighted by molar-refractivity contribution is -0.138. The molecule has 0 saturated carbocycles. The van der Waals surface area contributed by atoms with Crippen LogP contribution in [-0.2, 0) is 41.1 Å². The molecule has 1 aromatic heterocycles. The Bertz CT molecular complexity index is 1610. The highest BCUT2D eigenvalue weighted by Gasteiger charge is 2.44. The highest BCUT2D eigenvalue weighted by atomic mass is 19.4. The van der Waals surface area contributed by atoms with Crippen molar-refractivity contribution >= 4 is 23.6 Å². The molecule has 3 fully saturated rings. The van der Waals surface area contributed by atoms with Crippen LogP contribution in [0.2, 0.25) is 0 Å². The fourth-order valence-corrected chi connectivity index (χ4v) is 7.62. The first-order valence-corrected chi connectivity index (χ1v) is 16.1. The number of nitrogens with zero attached hydrogens (tertiary/aromatic N) is 6. The summed E-state index contributed by atoms with van der Waals surface area (Å²) in [5.41, 5.74) is 1.02. The van der Waals surface area contributed by atoms with E-state index in [-0.39, 0.29) is 29.0 Å². The number of alkyl halides is 3. The van der Waals surface area contributed by atoms with E-state index in [1.54, 1.807) is 18.5 Å². The average Bonchev–Trinajstić information content (AvgIpc) is 3.60. The summed E-state index contributed by atoms with van der Waals surface area (Å²) >= 11 is 0. The molecule has 2 aromatic carbocycles. The molecule has 0 N–H and O–H groups in total. The molecular weight excluding hydrogens is 597 g/mol. The molecule has 7 rings (SSSR count). The van der Waals surface area contributed by atoms with E-state index in [0.29, 0.717) is 50.0 Å². The summed E-state index contributed by atoms with van der Waals surface area (Å²) < 4.78 is 51.2. The molecule has 1 atom stereocenters. The molecular formula is C34H39F3N6O3. The molecule has 5 heterocycles. The predicted molar refractivity (Wildman–Crippen MR) is 166 cm³/mol. The van der Waals surface area contributed by atoms with Gasteiger partial charge in [-0.05, 0) is 80.1 Å². The van der Waals surface area contributed by atoms with Crippen LogP contribution in [0.15, 0.2) is 42.7 Å². The molecule has 1 unspecified atom stereocenters. The van der Waals surface area contributed by atoms with Crippen LogP contribution in [0.25, 0.3) is 0 Å². The Morgan fingerprint density at radius 3 is 2.54 bits per heavy atom. The van der Waals surface area contributed by atoms with Gasteiger partial charge in [0.2, 0.25) is 0 Å². The van der Waals surface area contributed by atoms with E-state index in [0.717, 1.165) is 63.0 Å². The summed E-state index contributed by atoms with van der Waals surface area (Å²) in [5, 5.41) is 8.22. The molecule has 244 valence electrons. The number of anilines is 2. The van der Waals surface area contributed by atoms with E-state index in [1.165, 1.54) is 11.0 Å². The molecule has 4 aliphatic rings. The minimum absolute atomic E-state index is 0.0269. The van der Waals surface area contributed by atoms with Crippen molar-refractivity contribution in [1.29, 1.82) is 0 Å². The van der Waals surface area contributed by atoms with E-state index in [1.807, 2.05) is 34.7 Å². The zero-order valence-corrected chi connectivity index (χ0v) is 26.0. The van der Waals surface area contributed by atoms with Crippen molar-refractivity contribution < 1.29 is 27.5 Å². The number of hydrogen-bond acceptors (Lipinski definition) is 7. The van der Waals surface area contributed by atoms with Crippen LogP contribution in [0.1, 0.15) is 58.6 Å². The molecule has 9 nitrogen and oxygen atoms in total. The third kappa shape index (κ3) is 5.81. The lowest BCUT2D eigenvalue weighted by atomic mass is 9.75. The van der Waals surface area contributed by atoms with Crippen LogP contribution in [0.3, 0.4) is 0 Å². The van der Waals surface area contributed by atoms with Gasteiger partial charge in [-0.3, -0.25) is 4.79 Å². The van der Waals surface area contributed by atoms with Gasteiger partial charge in [-0.25, -0.2) is 0 Å². The molecule has 4 aliphatic heterocycles. The quantitative estimate of drug-likeness (QED) is 0.334. The molecule has 0 bridgehead atoms. The minimum atomic E-state index is -4.60. The van der Waals surface area contributed by atoms with Crippen molar-refractivity contribution in [3.63, 3.8) is 0 Å². The molecule has 3 saturated heterocycles. The van der Waals surface area contributed by atoms with Crippen LogP contribution >= 0.6 is 0 Å². The second-order valence-electron chi connectivity index (χ2n) is 13.5. The maximum atomic E-state index is 14.6. The molecule has 3 aromatic rings. The number of ether oxygens (including phenoxy) is 1. The van der Waals surface area contributed by atoms with Gasteiger partial charge >= 0.3 is 6.18 Å². The largest absolute Gasteiger partial charge is 0.416 e. The van der Waals surface area contributed by atoms with Gasteiger partial charge in [-0.15, -0.1) is 10.2 Å². The van der Waals surface area contributed by atoms with E-state index in [2.05, 4.69) is 15.1 Å². The third-order valence-corrected chi connectivity index (χ3v) is 10.4. The van der Waals surface area contributed by atoms with Crippen LogP contribution in [-0.4, -0.2) is 77.8 Å². The standard InChI is InChI=1S/C34H39F3N6O3/c1-40-22-38-39-31(40)15-33(20-46-21-33)25-5-2-6-26(12-25)43-18-29-28(32(43)45)13-27(14-30(29)34(35,36)37)42-9-3-4-24(17-42)16-41-10-7-23(19-44)8-11-41/h2,5-6,12-14,19,22-24H,3-4,7-11,15-18,20-21H2,1H3. The Kier molecular flexibility index (Phi) is 8.12. The van der Waals surface area contributed by atoms with Crippen molar-refractivity contribution in [1.82, 2.24) is 19.7 Å². The highest BCUT2D eigenvalue weighted by Crippen LogP contribution is 2.43. The van der Waals surface area contributed by atoms with Gasteiger partial charge in [-0.2, -0.15) is 13.2 Å². The minimum Gasteiger partial charge on any atom is -0.379 e. The number of hydrogen-bond donors (Lipinski definition) is 0. The van der Waals surface area contributed by atoms with Gasteiger partial charge in [0.1, 0.15) is 18.4 Å². The number of carbonyl (C=O) groups excluding carboxylic acids is 2. The predicted octanol–water partition coefficient (Wildman–Crippen LogP) is 4.63. The van der Waals surface area contributed by atoms with Crippen molar-refractivity contribution in [2.24, 2.45) is 18.9 Å². The molecule has 1 amide bonds. The maximum absolute atomic E-state index is 14.6. The van der Waals surface area contributed by atoms with Gasteiger partial charge in [0, 0.05) is 61.4 Å². The number of fused-ring (bicyclic) bond motifs is 1. The number of benzene rings is 2. The maximum Gasteiger partial charge on any atom is 0.416 e. The molecule has 46 heavy (non-hydrogen) atoms. The normalized spacial score (nSPS) is 22.2. The van der Waals surface area contributed by atoms with Crippen LogP contribution in [0.5, 0.6) is 0 Å². The summed E-state index contributed by atoms with van der Waals surface area (Å²) in [6.07, 6.45) is 2.29. The summed E-state index contributed by atoms with van der Waals surface area (Å²) in [6.45, 7) is 4.71. The molecule has 0 radical (unpaired) electrons. The number of rotatable bonds is 8. The van der Waals surface area contributed by atoms with E-state index in [4.69, 9.17) is 4.74 Å². The first kappa shape index (κ1) is 30.9. The fourth-order valence-electron chi connectivity index (χ4n) is 7.62. The number of piperidine rings is 2. The molecule has 0 spiro atoms. The Morgan fingerprint density at radius 1 is 1.07 bits per heavy atom. The van der Waals surface area contributed by atoms with Crippen molar-refractivity contribution in [3.8, 4) is 0 Å². The van der Waals surface area contributed by atoms with Gasteiger partial charge in [0.25, 0.3) is 5.91 Å². The lowest BCUT2D eigenvalue weighted by Gasteiger charge is -2.42. The van der Waals surface area contributed by atoms with E-state index >= 15 is 0 Å². The fraction of sp³-hybridized carbons (Fsp3) is 0.529. The zero-order valence-electron chi connectivity index (χ0n) is 26.0. The van der Waals surface area contributed by atoms with E-state index < -0.39 is 17.6 Å². The average molecular weight is 637 g/mol. The smallest absolute Gasteiger partial charge is 0.379 e. The van der Waals surface area contributed by atoms with Gasteiger partial charge in [0.05, 0.1) is 25.3 Å². The van der Waals surface area contributed by atoms with Crippen molar-refractivity contribution in [3.05, 3.63) is 70.8 Å². The Morgan fingerprint density at radius 2 is 1.87 bits per heavy atom. The molecule has 12 heteroatoms. The summed E-state index contributed by atoms with van der Waals surface area (Å²) in [5.74, 6) is 0.827. The Balaban J connectivity index is 1.13. The number of carbonyl (C=O) groups is 2. The third-order valence-electron chi connectivity index (χ3n) is 10.4. The van der Waals surface area contributed by atoms with E-state index in [9.17, 15) is 22.8 Å². The Hall–Kier alpha value is -3.77. The number of halogens is 3. The summed E-state index contributed by atoms with van der Waals surface area (Å²) in [7, 11) is 1.88. The lowest BCUT2D eigenvalue weighted by Crippen LogP contribution is -2.49. The summed E-state index contributed by atoms with van der Waals surface area (Å²) in [6, 6.07) is 10.4. The Labute approximate surface area is 266 Å². The van der Waals surface area contributed by atoms with Crippen molar-refractivity contribution in [2.75, 3.05) is 55.7 Å². The molecule has 0 aliphatic carbocycles. The second-order valence-corrected chi connectivity index (χ2v) is 13.5. The van der Waals surface area contributed by atoms with Gasteiger partial charge in [-0.1, -0.05) is 12.1 Å². The SMILES string of the molecule is Cn1cnnc1CC1(c2cccc(N3Cc4c(cc(N5CCCC(CN6CCC(C=O)CC6)C5)cc4C(F)(F)F)C3=O)c2)COC1. The number of amides is 1. The van der Waals surface area contributed by atoms with Crippen LogP contribution < -0.4 is 9.80 Å². The zero-order chi connectivity index (χ0) is 32.1.